The molecule has 3 aromatic rings. The average molecular weight is 338 g/mol. The fraction of sp³-hybridized carbons (Fsp3) is 0.450. The summed E-state index contributed by atoms with van der Waals surface area (Å²) in [5.74, 6) is 1.21. The fourth-order valence-corrected chi connectivity index (χ4v) is 4.07. The quantitative estimate of drug-likeness (QED) is 0.698. The van der Waals surface area contributed by atoms with E-state index in [-0.39, 0.29) is 0 Å². The van der Waals surface area contributed by atoms with Crippen LogP contribution in [-0.2, 0) is 7.05 Å². The zero-order valence-electron chi connectivity index (χ0n) is 15.0. The number of hydrogen-bond donors (Lipinski definition) is 2. The first-order valence-electron chi connectivity index (χ1n) is 9.18. The number of phenolic OH excluding ortho intramolecular Hbond substituents is 1. The van der Waals surface area contributed by atoms with E-state index in [0.717, 1.165) is 47.2 Å². The lowest BCUT2D eigenvalue weighted by Crippen LogP contribution is -2.22. The molecule has 3 heterocycles. The second-order valence-electron chi connectivity index (χ2n) is 7.10. The summed E-state index contributed by atoms with van der Waals surface area (Å²) in [6.07, 6.45) is 5.73. The average Bonchev–Trinajstić information content (AvgIpc) is 3.21. The van der Waals surface area contributed by atoms with Crippen molar-refractivity contribution in [2.45, 2.75) is 26.2 Å². The Balaban J connectivity index is 1.64. The number of nitrogens with zero attached hydrogens (tertiary/aromatic N) is 3. The molecule has 1 saturated heterocycles. The van der Waals surface area contributed by atoms with E-state index in [9.17, 15) is 5.11 Å². The molecule has 1 aliphatic rings. The molecule has 4 rings (SSSR count). The number of fused-ring (bicyclic) bond motifs is 3. The Labute approximate surface area is 148 Å². The molecule has 2 N–H and O–H groups in total. The van der Waals surface area contributed by atoms with E-state index in [1.165, 1.54) is 31.4 Å². The highest BCUT2D eigenvalue weighted by molar-refractivity contribution is 6.14. The number of rotatable bonds is 5. The third-order valence-electron chi connectivity index (χ3n) is 5.32. The molecule has 0 saturated carbocycles. The Bertz CT molecular complexity index is 909. The van der Waals surface area contributed by atoms with Crippen LogP contribution in [0.15, 0.2) is 24.4 Å². The van der Waals surface area contributed by atoms with Crippen LogP contribution in [0.2, 0.25) is 0 Å². The van der Waals surface area contributed by atoms with Crippen molar-refractivity contribution in [3.8, 4) is 5.75 Å². The van der Waals surface area contributed by atoms with E-state index in [1.54, 1.807) is 6.07 Å². The van der Waals surface area contributed by atoms with E-state index in [0.29, 0.717) is 5.75 Å². The van der Waals surface area contributed by atoms with Gasteiger partial charge in [-0.15, -0.1) is 0 Å². The molecule has 5 heteroatoms. The summed E-state index contributed by atoms with van der Waals surface area (Å²) in [7, 11) is 2.08. The van der Waals surface area contributed by atoms with Gasteiger partial charge in [0.1, 0.15) is 11.6 Å². The molecular weight excluding hydrogens is 312 g/mol. The number of aromatic hydroxyl groups is 1. The molecule has 25 heavy (non-hydrogen) atoms. The van der Waals surface area contributed by atoms with Gasteiger partial charge in [-0.3, -0.25) is 0 Å². The first-order chi connectivity index (χ1) is 12.1. The lowest BCUT2D eigenvalue weighted by Gasteiger charge is -2.15. The van der Waals surface area contributed by atoms with E-state index in [2.05, 4.69) is 33.7 Å². The highest BCUT2D eigenvalue weighted by atomic mass is 16.3. The first-order valence-corrected chi connectivity index (χ1v) is 9.18. The van der Waals surface area contributed by atoms with Crippen LogP contribution in [0.1, 0.15) is 24.8 Å². The molecule has 0 atom stereocenters. The Kier molecular flexibility index (Phi) is 4.25. The molecule has 132 valence electrons. The number of likely N-dealkylation sites (tertiary alicyclic amines) is 1. The topological polar surface area (TPSA) is 53.3 Å². The molecule has 0 spiro atoms. The zero-order valence-corrected chi connectivity index (χ0v) is 15.0. The van der Waals surface area contributed by atoms with Crippen molar-refractivity contribution in [2.24, 2.45) is 7.05 Å². The number of hydrogen-bond acceptors (Lipinski definition) is 4. The second-order valence-corrected chi connectivity index (χ2v) is 7.10. The number of aromatic nitrogens is 2. The van der Waals surface area contributed by atoms with Gasteiger partial charge in [-0.1, -0.05) is 0 Å². The fourth-order valence-electron chi connectivity index (χ4n) is 4.07. The predicted molar refractivity (Wildman–Crippen MR) is 103 cm³/mol. The Hall–Kier alpha value is -2.27. The van der Waals surface area contributed by atoms with Crippen molar-refractivity contribution < 1.29 is 5.11 Å². The first kappa shape index (κ1) is 16.2. The summed E-state index contributed by atoms with van der Waals surface area (Å²) in [4.78, 5) is 7.19. The largest absolute Gasteiger partial charge is 0.508 e. The van der Waals surface area contributed by atoms with Gasteiger partial charge in [-0.25, -0.2) is 4.98 Å². The lowest BCUT2D eigenvalue weighted by atomic mass is 10.1. The van der Waals surface area contributed by atoms with Crippen LogP contribution >= 0.6 is 0 Å². The Morgan fingerprint density at radius 2 is 2.04 bits per heavy atom. The van der Waals surface area contributed by atoms with Crippen molar-refractivity contribution in [2.75, 3.05) is 31.5 Å². The standard InChI is InChI=1S/C20H26N4O/c1-14-13-22-20(21-8-5-11-24-9-3-4-10-24)18-16-12-15(25)6-7-17(16)23(2)19(14)18/h6-7,12-13,25H,3-5,8-11H2,1-2H3,(H,21,22). The summed E-state index contributed by atoms with van der Waals surface area (Å²) in [6.45, 7) is 6.64. The summed E-state index contributed by atoms with van der Waals surface area (Å²) >= 11 is 0. The van der Waals surface area contributed by atoms with Gasteiger partial charge < -0.3 is 19.9 Å². The molecule has 1 aromatic carbocycles. The van der Waals surface area contributed by atoms with Crippen LogP contribution in [0, 0.1) is 6.92 Å². The summed E-state index contributed by atoms with van der Waals surface area (Å²) in [5.41, 5.74) is 3.44. The summed E-state index contributed by atoms with van der Waals surface area (Å²) in [6, 6.07) is 5.56. The van der Waals surface area contributed by atoms with Crippen molar-refractivity contribution in [1.29, 1.82) is 0 Å². The number of pyridine rings is 1. The van der Waals surface area contributed by atoms with E-state index < -0.39 is 0 Å². The molecule has 5 nitrogen and oxygen atoms in total. The number of phenols is 1. The minimum Gasteiger partial charge on any atom is -0.508 e. The molecule has 2 aromatic heterocycles. The third-order valence-corrected chi connectivity index (χ3v) is 5.32. The zero-order chi connectivity index (χ0) is 17.4. The molecule has 1 aliphatic heterocycles. The molecule has 0 radical (unpaired) electrons. The van der Waals surface area contributed by atoms with E-state index in [1.807, 2.05) is 18.3 Å². The monoisotopic (exact) mass is 338 g/mol. The maximum absolute atomic E-state index is 9.94. The Morgan fingerprint density at radius 3 is 2.84 bits per heavy atom. The second kappa shape index (κ2) is 6.56. The van der Waals surface area contributed by atoms with Gasteiger partial charge in [-0.05, 0) is 69.6 Å². The van der Waals surface area contributed by atoms with Gasteiger partial charge in [-0.2, -0.15) is 0 Å². The maximum atomic E-state index is 9.94. The SMILES string of the molecule is Cc1cnc(NCCCN2CCCC2)c2c3cc(O)ccc3n(C)c12. The molecule has 1 fully saturated rings. The molecule has 0 unspecified atom stereocenters. The molecule has 0 bridgehead atoms. The van der Waals surface area contributed by atoms with Crippen LogP contribution in [-0.4, -0.2) is 45.7 Å². The molecule has 0 aliphatic carbocycles. The number of benzene rings is 1. The van der Waals surface area contributed by atoms with Crippen LogP contribution in [0.3, 0.4) is 0 Å². The number of nitrogens with one attached hydrogen (secondary N) is 1. The Morgan fingerprint density at radius 1 is 1.24 bits per heavy atom. The summed E-state index contributed by atoms with van der Waals surface area (Å²) < 4.78 is 2.19. The van der Waals surface area contributed by atoms with Crippen molar-refractivity contribution in [3.05, 3.63) is 30.0 Å². The van der Waals surface area contributed by atoms with Crippen LogP contribution in [0.25, 0.3) is 21.8 Å². The predicted octanol–water partition coefficient (Wildman–Crippen LogP) is 3.64. The highest BCUT2D eigenvalue weighted by Gasteiger charge is 2.16. The number of anilines is 1. The van der Waals surface area contributed by atoms with Gasteiger partial charge in [0.15, 0.2) is 0 Å². The van der Waals surface area contributed by atoms with Crippen LogP contribution in [0.5, 0.6) is 5.75 Å². The van der Waals surface area contributed by atoms with Crippen molar-refractivity contribution in [1.82, 2.24) is 14.5 Å². The lowest BCUT2D eigenvalue weighted by molar-refractivity contribution is 0.337. The normalized spacial score (nSPS) is 15.4. The summed E-state index contributed by atoms with van der Waals surface area (Å²) in [5, 5.41) is 15.6. The third kappa shape index (κ3) is 2.93. The van der Waals surface area contributed by atoms with Gasteiger partial charge in [0.25, 0.3) is 0 Å². The van der Waals surface area contributed by atoms with Gasteiger partial charge in [0, 0.05) is 30.7 Å². The number of aryl methyl sites for hydroxylation is 2. The van der Waals surface area contributed by atoms with Crippen LogP contribution in [0.4, 0.5) is 5.82 Å². The van der Waals surface area contributed by atoms with Gasteiger partial charge in [0.2, 0.25) is 0 Å². The molecule has 0 amide bonds. The van der Waals surface area contributed by atoms with Gasteiger partial charge >= 0.3 is 0 Å². The minimum atomic E-state index is 0.293. The van der Waals surface area contributed by atoms with Gasteiger partial charge in [0.05, 0.1) is 10.9 Å². The van der Waals surface area contributed by atoms with Crippen molar-refractivity contribution >= 4 is 27.6 Å². The minimum absolute atomic E-state index is 0.293. The van der Waals surface area contributed by atoms with Crippen molar-refractivity contribution in [3.63, 3.8) is 0 Å². The smallest absolute Gasteiger partial charge is 0.136 e. The molecular formula is C20H26N4O. The van der Waals surface area contributed by atoms with E-state index in [4.69, 9.17) is 0 Å². The van der Waals surface area contributed by atoms with E-state index >= 15 is 0 Å². The van der Waals surface area contributed by atoms with Crippen LogP contribution < -0.4 is 5.32 Å². The maximum Gasteiger partial charge on any atom is 0.136 e. The highest BCUT2D eigenvalue weighted by Crippen LogP contribution is 2.35.